The lowest BCUT2D eigenvalue weighted by atomic mass is 10.2. The molecule has 8 nitrogen and oxygen atoms in total. The number of rotatable bonds is 6. The number of likely N-dealkylation sites (N-methyl/N-ethyl adjacent to an activating group) is 1. The lowest BCUT2D eigenvalue weighted by Gasteiger charge is -2.21. The number of hydrogen-bond acceptors (Lipinski definition) is 6. The fourth-order valence-corrected chi connectivity index (χ4v) is 3.48. The monoisotopic (exact) mass is 422 g/mol. The van der Waals surface area contributed by atoms with Gasteiger partial charge >= 0.3 is 6.03 Å². The Labute approximate surface area is 172 Å². The molecular weight excluding hydrogens is 399 g/mol. The van der Waals surface area contributed by atoms with Crippen molar-refractivity contribution in [3.63, 3.8) is 0 Å². The van der Waals surface area contributed by atoms with Crippen molar-refractivity contribution in [2.24, 2.45) is 0 Å². The van der Waals surface area contributed by atoms with Crippen LogP contribution in [0.3, 0.4) is 0 Å². The first-order valence-corrected chi connectivity index (χ1v) is 9.90. The number of thiazole rings is 1. The number of nitrogens with one attached hydrogen (secondary N) is 2. The number of anilines is 1. The van der Waals surface area contributed by atoms with Crippen LogP contribution in [0.15, 0.2) is 29.6 Å². The minimum Gasteiger partial charge on any atom is -0.347 e. The quantitative estimate of drug-likeness (QED) is 0.747. The predicted molar refractivity (Wildman–Crippen MR) is 106 cm³/mol. The Morgan fingerprint density at radius 3 is 2.90 bits per heavy atom. The fraction of sp³-hybridized carbons (Fsp3) is 0.421. The van der Waals surface area contributed by atoms with Gasteiger partial charge in [-0.15, -0.1) is 11.3 Å². The van der Waals surface area contributed by atoms with Crippen molar-refractivity contribution in [1.82, 2.24) is 15.2 Å². The zero-order valence-electron chi connectivity index (χ0n) is 16.4. The Morgan fingerprint density at radius 1 is 1.41 bits per heavy atom. The number of carbonyl (C=O) groups excluding carboxylic acids is 2. The van der Waals surface area contributed by atoms with Gasteiger partial charge in [0, 0.05) is 19.0 Å². The van der Waals surface area contributed by atoms with Crippen LogP contribution in [-0.4, -0.2) is 47.4 Å². The van der Waals surface area contributed by atoms with Gasteiger partial charge in [-0.3, -0.25) is 10.1 Å². The van der Waals surface area contributed by atoms with Crippen LogP contribution in [0.25, 0.3) is 0 Å². The Kier molecular flexibility index (Phi) is 6.46. The van der Waals surface area contributed by atoms with Crippen molar-refractivity contribution >= 4 is 28.4 Å². The normalized spacial score (nSPS) is 17.7. The van der Waals surface area contributed by atoms with Crippen molar-refractivity contribution in [1.29, 1.82) is 0 Å². The van der Waals surface area contributed by atoms with Crippen LogP contribution in [0.4, 0.5) is 14.3 Å². The molecule has 1 fully saturated rings. The molecule has 0 saturated carbocycles. The summed E-state index contributed by atoms with van der Waals surface area (Å²) in [7, 11) is 1.66. The number of halogens is 1. The van der Waals surface area contributed by atoms with Crippen molar-refractivity contribution in [2.45, 2.75) is 38.8 Å². The SMILES string of the molecule is CN(Cc1csc(NC(=O)NCc2cccc(F)c2)n1)C(=O)C1COC(C)(C)O1. The zero-order valence-corrected chi connectivity index (χ0v) is 17.2. The number of amides is 3. The summed E-state index contributed by atoms with van der Waals surface area (Å²) in [4.78, 5) is 30.3. The molecular formula is C19H23FN4O4S. The second-order valence-electron chi connectivity index (χ2n) is 7.09. The summed E-state index contributed by atoms with van der Waals surface area (Å²) in [6, 6.07) is 5.55. The maximum Gasteiger partial charge on any atom is 0.321 e. The number of hydrogen-bond donors (Lipinski definition) is 2. The second kappa shape index (κ2) is 8.85. The van der Waals surface area contributed by atoms with Crippen molar-refractivity contribution in [3.8, 4) is 0 Å². The van der Waals surface area contributed by atoms with Gasteiger partial charge in [0.2, 0.25) is 0 Å². The minimum absolute atomic E-state index is 0.189. The molecule has 2 heterocycles. The van der Waals surface area contributed by atoms with Crippen LogP contribution >= 0.6 is 11.3 Å². The summed E-state index contributed by atoms with van der Waals surface area (Å²) < 4.78 is 24.2. The molecule has 1 aromatic heterocycles. The summed E-state index contributed by atoms with van der Waals surface area (Å²) in [6.45, 7) is 4.21. The third-order valence-corrected chi connectivity index (χ3v) is 4.98. The van der Waals surface area contributed by atoms with Gasteiger partial charge in [-0.25, -0.2) is 14.2 Å². The molecule has 2 N–H and O–H groups in total. The first kappa shape index (κ1) is 21.2. The van der Waals surface area contributed by atoms with E-state index in [0.29, 0.717) is 16.4 Å². The molecule has 0 spiro atoms. The molecule has 1 saturated heterocycles. The molecule has 29 heavy (non-hydrogen) atoms. The van der Waals surface area contributed by atoms with Crippen molar-refractivity contribution < 1.29 is 23.5 Å². The smallest absolute Gasteiger partial charge is 0.321 e. The topological polar surface area (TPSA) is 92.8 Å². The first-order chi connectivity index (χ1) is 13.7. The highest BCUT2D eigenvalue weighted by Gasteiger charge is 2.38. The summed E-state index contributed by atoms with van der Waals surface area (Å²) in [5.74, 6) is -1.31. The first-order valence-electron chi connectivity index (χ1n) is 9.02. The lowest BCUT2D eigenvalue weighted by Crippen LogP contribution is -2.38. The number of carbonyl (C=O) groups is 2. The van der Waals surface area contributed by atoms with E-state index in [9.17, 15) is 14.0 Å². The minimum atomic E-state index is -0.766. The molecule has 1 aromatic carbocycles. The molecule has 3 rings (SSSR count). The molecule has 1 atom stereocenters. The van der Waals surface area contributed by atoms with E-state index in [1.54, 1.807) is 38.4 Å². The van der Waals surface area contributed by atoms with E-state index in [0.717, 1.165) is 0 Å². The Morgan fingerprint density at radius 2 is 2.21 bits per heavy atom. The van der Waals surface area contributed by atoms with E-state index in [1.165, 1.54) is 28.4 Å². The van der Waals surface area contributed by atoms with Gasteiger partial charge in [-0.05, 0) is 31.5 Å². The highest BCUT2D eigenvalue weighted by atomic mass is 32.1. The van der Waals surface area contributed by atoms with Gasteiger partial charge in [-0.1, -0.05) is 12.1 Å². The van der Waals surface area contributed by atoms with Gasteiger partial charge in [-0.2, -0.15) is 0 Å². The van der Waals surface area contributed by atoms with E-state index in [4.69, 9.17) is 9.47 Å². The van der Waals surface area contributed by atoms with Gasteiger partial charge < -0.3 is 19.7 Å². The second-order valence-corrected chi connectivity index (χ2v) is 7.95. The number of benzene rings is 1. The van der Waals surface area contributed by atoms with Crippen LogP contribution in [0, 0.1) is 5.82 Å². The van der Waals surface area contributed by atoms with E-state index >= 15 is 0 Å². The molecule has 10 heteroatoms. The zero-order chi connectivity index (χ0) is 21.0. The molecule has 156 valence electrons. The molecule has 2 aromatic rings. The number of aromatic nitrogens is 1. The van der Waals surface area contributed by atoms with Crippen LogP contribution in [0.5, 0.6) is 0 Å². The average molecular weight is 422 g/mol. The van der Waals surface area contributed by atoms with Crippen LogP contribution in [-0.2, 0) is 27.4 Å². The van der Waals surface area contributed by atoms with E-state index in [1.807, 2.05) is 0 Å². The molecule has 1 unspecified atom stereocenters. The van der Waals surface area contributed by atoms with Crippen molar-refractivity contribution in [2.75, 3.05) is 19.0 Å². The molecule has 0 aliphatic carbocycles. The predicted octanol–water partition coefficient (Wildman–Crippen LogP) is 2.71. The van der Waals surface area contributed by atoms with Crippen molar-refractivity contribution in [3.05, 3.63) is 46.7 Å². The molecule has 0 bridgehead atoms. The maximum absolute atomic E-state index is 13.2. The average Bonchev–Trinajstić information content (AvgIpc) is 3.25. The Bertz CT molecular complexity index is 889. The Balaban J connectivity index is 1.47. The molecule has 3 amide bonds. The highest BCUT2D eigenvalue weighted by Crippen LogP contribution is 2.24. The summed E-state index contributed by atoms with van der Waals surface area (Å²) in [5.41, 5.74) is 1.30. The summed E-state index contributed by atoms with van der Waals surface area (Å²) >= 11 is 1.25. The van der Waals surface area contributed by atoms with Crippen LogP contribution in [0.2, 0.25) is 0 Å². The summed E-state index contributed by atoms with van der Waals surface area (Å²) in [5, 5.41) is 7.44. The lowest BCUT2D eigenvalue weighted by molar-refractivity contribution is -0.159. The largest absolute Gasteiger partial charge is 0.347 e. The third-order valence-electron chi connectivity index (χ3n) is 4.17. The van der Waals surface area contributed by atoms with Gasteiger partial charge in [0.15, 0.2) is 17.0 Å². The van der Waals surface area contributed by atoms with Crippen LogP contribution < -0.4 is 10.6 Å². The third kappa shape index (κ3) is 5.96. The van der Waals surface area contributed by atoms with E-state index < -0.39 is 17.9 Å². The summed E-state index contributed by atoms with van der Waals surface area (Å²) in [6.07, 6.45) is -0.639. The standard InChI is InChI=1S/C19H23FN4O4S/c1-19(2)27-10-15(28-19)16(25)24(3)9-14-11-29-18(22-14)23-17(26)21-8-12-5-4-6-13(20)7-12/h4-7,11,15H,8-10H2,1-3H3,(H2,21,22,23,26). The number of nitrogens with zero attached hydrogens (tertiary/aromatic N) is 2. The molecule has 0 radical (unpaired) electrons. The van der Waals surface area contributed by atoms with E-state index in [2.05, 4.69) is 15.6 Å². The van der Waals surface area contributed by atoms with Crippen LogP contribution in [0.1, 0.15) is 25.1 Å². The number of ether oxygens (including phenoxy) is 2. The van der Waals surface area contributed by atoms with Gasteiger partial charge in [0.05, 0.1) is 18.8 Å². The fourth-order valence-electron chi connectivity index (χ4n) is 2.78. The van der Waals surface area contributed by atoms with E-state index in [-0.39, 0.29) is 31.4 Å². The highest BCUT2D eigenvalue weighted by molar-refractivity contribution is 7.13. The molecule has 1 aliphatic heterocycles. The van der Waals surface area contributed by atoms with Gasteiger partial charge in [0.1, 0.15) is 5.82 Å². The van der Waals surface area contributed by atoms with Gasteiger partial charge in [0.25, 0.3) is 5.91 Å². The number of urea groups is 1. The Hall–Kier alpha value is -2.56. The molecule has 1 aliphatic rings. The maximum atomic E-state index is 13.2.